The van der Waals surface area contributed by atoms with Crippen LogP contribution in [0.4, 0.5) is 5.69 Å². The SMILES string of the molecule is CC(C)COc1ccc(C(=O)Nc2cccc3ccccc23)cc1. The number of anilines is 1. The molecule has 24 heavy (non-hydrogen) atoms. The van der Waals surface area contributed by atoms with Crippen LogP contribution in [0.15, 0.2) is 66.7 Å². The summed E-state index contributed by atoms with van der Waals surface area (Å²) in [4.78, 5) is 12.5. The first-order valence-corrected chi connectivity index (χ1v) is 8.15. The van der Waals surface area contributed by atoms with Crippen molar-refractivity contribution in [1.82, 2.24) is 0 Å². The smallest absolute Gasteiger partial charge is 0.255 e. The lowest BCUT2D eigenvalue weighted by Crippen LogP contribution is -2.12. The summed E-state index contributed by atoms with van der Waals surface area (Å²) >= 11 is 0. The van der Waals surface area contributed by atoms with Gasteiger partial charge in [-0.2, -0.15) is 0 Å². The van der Waals surface area contributed by atoms with Crippen LogP contribution in [0.3, 0.4) is 0 Å². The predicted molar refractivity (Wildman–Crippen MR) is 98.7 cm³/mol. The third-order valence-corrected chi connectivity index (χ3v) is 3.74. The van der Waals surface area contributed by atoms with Gasteiger partial charge >= 0.3 is 0 Å². The molecule has 0 radical (unpaired) electrons. The van der Waals surface area contributed by atoms with E-state index in [1.165, 1.54) is 0 Å². The fourth-order valence-electron chi connectivity index (χ4n) is 2.49. The Labute approximate surface area is 142 Å². The third kappa shape index (κ3) is 3.74. The molecule has 0 atom stereocenters. The predicted octanol–water partition coefficient (Wildman–Crippen LogP) is 5.13. The minimum Gasteiger partial charge on any atom is -0.493 e. The van der Waals surface area contributed by atoms with Crippen LogP contribution in [0.2, 0.25) is 0 Å². The Morgan fingerprint density at radius 1 is 0.958 bits per heavy atom. The Morgan fingerprint density at radius 2 is 1.67 bits per heavy atom. The van der Waals surface area contributed by atoms with Crippen LogP contribution in [-0.2, 0) is 0 Å². The van der Waals surface area contributed by atoms with E-state index in [1.54, 1.807) is 12.1 Å². The van der Waals surface area contributed by atoms with Gasteiger partial charge < -0.3 is 10.1 Å². The van der Waals surface area contributed by atoms with Gasteiger partial charge in [-0.1, -0.05) is 50.2 Å². The summed E-state index contributed by atoms with van der Waals surface area (Å²) in [6, 6.07) is 21.1. The summed E-state index contributed by atoms with van der Waals surface area (Å²) in [6.07, 6.45) is 0. The zero-order valence-corrected chi connectivity index (χ0v) is 14.0. The normalized spacial score (nSPS) is 10.8. The van der Waals surface area contributed by atoms with E-state index in [1.807, 2.05) is 54.6 Å². The standard InChI is InChI=1S/C21H21NO2/c1-15(2)14-24-18-12-10-17(11-13-18)21(23)22-20-9-5-7-16-6-3-4-8-19(16)20/h3-13,15H,14H2,1-2H3,(H,22,23). The highest BCUT2D eigenvalue weighted by molar-refractivity contribution is 6.09. The highest BCUT2D eigenvalue weighted by Gasteiger charge is 2.08. The van der Waals surface area contributed by atoms with Crippen molar-refractivity contribution >= 4 is 22.4 Å². The number of fused-ring (bicyclic) bond motifs is 1. The summed E-state index contributed by atoms with van der Waals surface area (Å²) < 4.78 is 5.65. The molecule has 3 aromatic rings. The van der Waals surface area contributed by atoms with Gasteiger partial charge in [0.05, 0.1) is 6.61 Å². The largest absolute Gasteiger partial charge is 0.493 e. The summed E-state index contributed by atoms with van der Waals surface area (Å²) in [5, 5.41) is 5.13. The van der Waals surface area contributed by atoms with Gasteiger partial charge in [-0.05, 0) is 41.6 Å². The van der Waals surface area contributed by atoms with Crippen molar-refractivity contribution < 1.29 is 9.53 Å². The quantitative estimate of drug-likeness (QED) is 0.708. The molecule has 0 saturated carbocycles. The molecule has 0 spiro atoms. The van der Waals surface area contributed by atoms with Gasteiger partial charge in [0, 0.05) is 16.6 Å². The molecule has 0 fully saturated rings. The maximum Gasteiger partial charge on any atom is 0.255 e. The van der Waals surface area contributed by atoms with E-state index in [0.717, 1.165) is 22.2 Å². The summed E-state index contributed by atoms with van der Waals surface area (Å²) in [5.74, 6) is 1.13. The summed E-state index contributed by atoms with van der Waals surface area (Å²) in [5.41, 5.74) is 1.43. The molecule has 0 aliphatic carbocycles. The molecule has 3 rings (SSSR count). The second-order valence-corrected chi connectivity index (χ2v) is 6.21. The first-order valence-electron chi connectivity index (χ1n) is 8.15. The number of carbonyl (C=O) groups is 1. The maximum atomic E-state index is 12.5. The fourth-order valence-corrected chi connectivity index (χ4v) is 2.49. The lowest BCUT2D eigenvalue weighted by molar-refractivity contribution is 0.102. The van der Waals surface area contributed by atoms with Crippen molar-refractivity contribution in [3.05, 3.63) is 72.3 Å². The van der Waals surface area contributed by atoms with Crippen molar-refractivity contribution in [2.45, 2.75) is 13.8 Å². The molecule has 0 heterocycles. The molecule has 3 heteroatoms. The van der Waals surface area contributed by atoms with Crippen LogP contribution in [0.5, 0.6) is 5.75 Å². The fraction of sp³-hybridized carbons (Fsp3) is 0.190. The number of carbonyl (C=O) groups excluding carboxylic acids is 1. The second-order valence-electron chi connectivity index (χ2n) is 6.21. The second kappa shape index (κ2) is 7.18. The molecule has 122 valence electrons. The van der Waals surface area contributed by atoms with Crippen molar-refractivity contribution in [2.75, 3.05) is 11.9 Å². The van der Waals surface area contributed by atoms with Crippen molar-refractivity contribution in [3.8, 4) is 5.75 Å². The number of hydrogen-bond donors (Lipinski definition) is 1. The molecule has 3 aromatic carbocycles. The average Bonchev–Trinajstić information content (AvgIpc) is 2.60. The molecule has 0 bridgehead atoms. The van der Waals surface area contributed by atoms with Crippen LogP contribution in [-0.4, -0.2) is 12.5 Å². The van der Waals surface area contributed by atoms with Gasteiger partial charge in [-0.3, -0.25) is 4.79 Å². The van der Waals surface area contributed by atoms with E-state index in [0.29, 0.717) is 18.1 Å². The van der Waals surface area contributed by atoms with Crippen LogP contribution in [0.1, 0.15) is 24.2 Å². The molecule has 1 N–H and O–H groups in total. The third-order valence-electron chi connectivity index (χ3n) is 3.74. The van der Waals surface area contributed by atoms with E-state index in [4.69, 9.17) is 4.74 Å². The summed E-state index contributed by atoms with van der Waals surface area (Å²) in [7, 11) is 0. The van der Waals surface area contributed by atoms with Gasteiger partial charge in [0.15, 0.2) is 0 Å². The molecule has 0 aromatic heterocycles. The van der Waals surface area contributed by atoms with Crippen LogP contribution in [0.25, 0.3) is 10.8 Å². The van der Waals surface area contributed by atoms with Gasteiger partial charge in [0.1, 0.15) is 5.75 Å². The Bertz CT molecular complexity index is 833. The van der Waals surface area contributed by atoms with Crippen LogP contribution in [0, 0.1) is 5.92 Å². The van der Waals surface area contributed by atoms with E-state index in [2.05, 4.69) is 19.2 Å². The maximum absolute atomic E-state index is 12.5. The molecule has 0 aliphatic rings. The van der Waals surface area contributed by atoms with Gasteiger partial charge in [0.25, 0.3) is 5.91 Å². The molecule has 0 aliphatic heterocycles. The minimum absolute atomic E-state index is 0.123. The minimum atomic E-state index is -0.123. The zero-order valence-electron chi connectivity index (χ0n) is 14.0. The monoisotopic (exact) mass is 319 g/mol. The highest BCUT2D eigenvalue weighted by atomic mass is 16.5. The number of ether oxygens (including phenoxy) is 1. The average molecular weight is 319 g/mol. The van der Waals surface area contributed by atoms with Crippen LogP contribution >= 0.6 is 0 Å². The number of benzene rings is 3. The van der Waals surface area contributed by atoms with Crippen LogP contribution < -0.4 is 10.1 Å². The molecular formula is C21H21NO2. The first-order chi connectivity index (χ1) is 11.6. The number of rotatable bonds is 5. The Hall–Kier alpha value is -2.81. The number of amides is 1. The lowest BCUT2D eigenvalue weighted by atomic mass is 10.1. The molecule has 0 saturated heterocycles. The van der Waals surface area contributed by atoms with Crippen molar-refractivity contribution in [1.29, 1.82) is 0 Å². The summed E-state index contributed by atoms with van der Waals surface area (Å²) in [6.45, 7) is 4.87. The van der Waals surface area contributed by atoms with E-state index < -0.39 is 0 Å². The lowest BCUT2D eigenvalue weighted by Gasteiger charge is -2.10. The molecular weight excluding hydrogens is 298 g/mol. The molecule has 3 nitrogen and oxygen atoms in total. The van der Waals surface area contributed by atoms with Gasteiger partial charge in [0.2, 0.25) is 0 Å². The topological polar surface area (TPSA) is 38.3 Å². The Kier molecular flexibility index (Phi) is 4.80. The van der Waals surface area contributed by atoms with Gasteiger partial charge in [-0.25, -0.2) is 0 Å². The molecule has 1 amide bonds. The number of nitrogens with one attached hydrogen (secondary N) is 1. The number of hydrogen-bond acceptors (Lipinski definition) is 2. The van der Waals surface area contributed by atoms with E-state index in [-0.39, 0.29) is 5.91 Å². The van der Waals surface area contributed by atoms with Gasteiger partial charge in [-0.15, -0.1) is 0 Å². The Morgan fingerprint density at radius 3 is 2.42 bits per heavy atom. The van der Waals surface area contributed by atoms with E-state index in [9.17, 15) is 4.79 Å². The zero-order chi connectivity index (χ0) is 16.9. The Balaban J connectivity index is 1.74. The van der Waals surface area contributed by atoms with E-state index >= 15 is 0 Å². The molecule has 0 unspecified atom stereocenters. The van der Waals surface area contributed by atoms with Crippen molar-refractivity contribution in [2.24, 2.45) is 5.92 Å². The van der Waals surface area contributed by atoms with Crippen molar-refractivity contribution in [3.63, 3.8) is 0 Å². The highest BCUT2D eigenvalue weighted by Crippen LogP contribution is 2.23. The first kappa shape index (κ1) is 16.1.